The number of ether oxygens (including phenoxy) is 1. The van der Waals surface area contributed by atoms with Gasteiger partial charge in [-0.25, -0.2) is 0 Å². The van der Waals surface area contributed by atoms with E-state index in [-0.39, 0.29) is 42.2 Å². The van der Waals surface area contributed by atoms with E-state index in [1.165, 1.54) is 12.6 Å². The highest BCUT2D eigenvalue weighted by Gasteiger charge is 2.38. The van der Waals surface area contributed by atoms with Crippen molar-refractivity contribution in [1.82, 2.24) is 19.7 Å². The van der Waals surface area contributed by atoms with Gasteiger partial charge in [0.1, 0.15) is 5.84 Å². The minimum Gasteiger partial charge on any atom is -0.465 e. The average Bonchev–Trinajstić information content (AvgIpc) is 3.59. The van der Waals surface area contributed by atoms with E-state index in [9.17, 15) is 14.4 Å². The number of nitrogens with zero attached hydrogens (tertiary/aromatic N) is 3. The molecule has 4 rings (SSSR count). The maximum atomic E-state index is 13.5. The molecule has 9 nitrogen and oxygen atoms in total. The molecule has 2 aliphatic rings. The van der Waals surface area contributed by atoms with Gasteiger partial charge in [0, 0.05) is 42.8 Å². The maximum Gasteiger partial charge on any atom is 0.320 e. The molecule has 2 atom stereocenters. The number of fused-ring (bicyclic) bond motifs is 1. The molecule has 200 valence electrons. The fourth-order valence-corrected chi connectivity index (χ4v) is 5.90. The molecule has 2 amide bonds. The molecule has 2 fully saturated rings. The number of esters is 1. The SMILES string of the molecule is CCOC(=O)CN1CCC[C@@H]1C(=O)N1CCC[C@H]1CCc1cc2ccc(C(=N)NC(C)=O)cc2n1CC. The second-order valence-corrected chi connectivity index (χ2v) is 10.0. The largest absolute Gasteiger partial charge is 0.465 e. The number of carbonyl (C=O) groups excluding carboxylic acids is 3. The molecule has 0 spiro atoms. The number of aromatic nitrogens is 1. The number of hydrogen-bond donors (Lipinski definition) is 2. The van der Waals surface area contributed by atoms with Crippen LogP contribution in [0, 0.1) is 5.41 Å². The summed E-state index contributed by atoms with van der Waals surface area (Å²) in [7, 11) is 0. The molecule has 2 N–H and O–H groups in total. The van der Waals surface area contributed by atoms with Crippen molar-refractivity contribution in [3.63, 3.8) is 0 Å². The first-order valence-electron chi connectivity index (χ1n) is 13.5. The second kappa shape index (κ2) is 11.9. The van der Waals surface area contributed by atoms with Gasteiger partial charge < -0.3 is 19.5 Å². The smallest absolute Gasteiger partial charge is 0.320 e. The van der Waals surface area contributed by atoms with Crippen molar-refractivity contribution < 1.29 is 19.1 Å². The lowest BCUT2D eigenvalue weighted by atomic mass is 10.1. The summed E-state index contributed by atoms with van der Waals surface area (Å²) in [6.45, 7) is 8.18. The minimum absolute atomic E-state index is 0.101. The molecule has 37 heavy (non-hydrogen) atoms. The number of nitrogens with one attached hydrogen (secondary N) is 2. The fraction of sp³-hybridized carbons (Fsp3) is 0.571. The first-order chi connectivity index (χ1) is 17.8. The van der Waals surface area contributed by atoms with Gasteiger partial charge in [-0.15, -0.1) is 0 Å². The molecule has 0 aliphatic carbocycles. The van der Waals surface area contributed by atoms with Crippen LogP contribution in [0.2, 0.25) is 0 Å². The van der Waals surface area contributed by atoms with Gasteiger partial charge in [-0.05, 0) is 76.4 Å². The Morgan fingerprint density at radius 3 is 2.62 bits per heavy atom. The molecule has 2 aromatic rings. The molecule has 1 aromatic heterocycles. The number of carbonyl (C=O) groups is 3. The Morgan fingerprint density at radius 1 is 1.11 bits per heavy atom. The number of hydrogen-bond acceptors (Lipinski definition) is 6. The zero-order valence-electron chi connectivity index (χ0n) is 22.2. The van der Waals surface area contributed by atoms with Crippen LogP contribution in [-0.4, -0.2) is 76.3 Å². The molecule has 0 saturated carbocycles. The third-order valence-electron chi connectivity index (χ3n) is 7.58. The van der Waals surface area contributed by atoms with Crippen LogP contribution in [0.15, 0.2) is 24.3 Å². The summed E-state index contributed by atoms with van der Waals surface area (Å²) in [6, 6.07) is 7.99. The predicted octanol–water partition coefficient (Wildman–Crippen LogP) is 3.07. The van der Waals surface area contributed by atoms with Gasteiger partial charge in [-0.1, -0.05) is 12.1 Å². The van der Waals surface area contributed by atoms with Crippen LogP contribution in [0.5, 0.6) is 0 Å². The standard InChI is InChI=1S/C28H39N5O4/c1-4-32-23(16-20-10-11-21(17-25(20)32)27(29)30-19(3)34)13-12-22-8-6-15-33(22)28(36)24-9-7-14-31(24)18-26(35)37-5-2/h10-11,16-17,22,24H,4-9,12-15,18H2,1-3H3,(H2,29,30,34)/t22-,24+/m0/s1. The molecule has 2 aliphatic heterocycles. The van der Waals surface area contributed by atoms with E-state index < -0.39 is 0 Å². The maximum absolute atomic E-state index is 13.5. The van der Waals surface area contributed by atoms with E-state index in [1.54, 1.807) is 6.92 Å². The van der Waals surface area contributed by atoms with Crippen LogP contribution in [0.1, 0.15) is 64.1 Å². The van der Waals surface area contributed by atoms with Crippen molar-refractivity contribution in [1.29, 1.82) is 5.41 Å². The van der Waals surface area contributed by atoms with Gasteiger partial charge in [0.25, 0.3) is 0 Å². The number of aryl methyl sites for hydroxylation is 2. The molecule has 9 heteroatoms. The summed E-state index contributed by atoms with van der Waals surface area (Å²) in [6.07, 6.45) is 5.47. The van der Waals surface area contributed by atoms with Gasteiger partial charge in [-0.3, -0.25) is 24.7 Å². The van der Waals surface area contributed by atoms with Crippen LogP contribution in [0.4, 0.5) is 0 Å². The first kappa shape index (κ1) is 26.9. The number of likely N-dealkylation sites (tertiary alicyclic amines) is 2. The second-order valence-electron chi connectivity index (χ2n) is 10.0. The zero-order valence-corrected chi connectivity index (χ0v) is 22.2. The van der Waals surface area contributed by atoms with Gasteiger partial charge in [-0.2, -0.15) is 0 Å². The van der Waals surface area contributed by atoms with Crippen LogP contribution < -0.4 is 5.32 Å². The van der Waals surface area contributed by atoms with Crippen molar-refractivity contribution in [3.05, 3.63) is 35.5 Å². The Kier molecular flexibility index (Phi) is 8.63. The highest BCUT2D eigenvalue weighted by molar-refractivity contribution is 6.07. The average molecular weight is 510 g/mol. The summed E-state index contributed by atoms with van der Waals surface area (Å²) in [5.41, 5.74) is 2.94. The van der Waals surface area contributed by atoms with Crippen LogP contribution in [0.25, 0.3) is 10.9 Å². The number of amides is 2. The van der Waals surface area contributed by atoms with Crippen molar-refractivity contribution in [2.45, 2.75) is 77.9 Å². The lowest BCUT2D eigenvalue weighted by Crippen LogP contribution is -2.48. The highest BCUT2D eigenvalue weighted by atomic mass is 16.5. The summed E-state index contributed by atoms with van der Waals surface area (Å²) >= 11 is 0. The molecule has 0 radical (unpaired) electrons. The van der Waals surface area contributed by atoms with E-state index in [4.69, 9.17) is 10.1 Å². The highest BCUT2D eigenvalue weighted by Crippen LogP contribution is 2.29. The lowest BCUT2D eigenvalue weighted by molar-refractivity contribution is -0.146. The topological polar surface area (TPSA) is 108 Å². The minimum atomic E-state index is -0.261. The first-order valence-corrected chi connectivity index (χ1v) is 13.5. The van der Waals surface area contributed by atoms with Crippen molar-refractivity contribution >= 4 is 34.5 Å². The lowest BCUT2D eigenvalue weighted by Gasteiger charge is -2.31. The molecule has 1 aromatic carbocycles. The fourth-order valence-electron chi connectivity index (χ4n) is 5.90. The third kappa shape index (κ3) is 6.04. The quantitative estimate of drug-likeness (QED) is 0.307. The van der Waals surface area contributed by atoms with Gasteiger partial charge in [0.05, 0.1) is 19.2 Å². The Balaban J connectivity index is 1.44. The summed E-state index contributed by atoms with van der Waals surface area (Å²) in [4.78, 5) is 41.0. The van der Waals surface area contributed by atoms with Crippen molar-refractivity contribution in [2.75, 3.05) is 26.2 Å². The molecule has 0 unspecified atom stereocenters. The number of amidine groups is 1. The van der Waals surface area contributed by atoms with E-state index in [0.717, 1.165) is 69.1 Å². The Labute approximate surface area is 218 Å². The third-order valence-corrected chi connectivity index (χ3v) is 7.58. The van der Waals surface area contributed by atoms with E-state index in [1.807, 2.05) is 23.1 Å². The molecule has 3 heterocycles. The predicted molar refractivity (Wildman–Crippen MR) is 143 cm³/mol. The van der Waals surface area contributed by atoms with Crippen molar-refractivity contribution in [2.24, 2.45) is 0 Å². The molecule has 2 saturated heterocycles. The molecular weight excluding hydrogens is 470 g/mol. The van der Waals surface area contributed by atoms with E-state index in [2.05, 4.69) is 27.8 Å². The van der Waals surface area contributed by atoms with E-state index in [0.29, 0.717) is 12.2 Å². The van der Waals surface area contributed by atoms with E-state index >= 15 is 0 Å². The van der Waals surface area contributed by atoms with Crippen LogP contribution in [0.3, 0.4) is 0 Å². The molecular formula is C28H39N5O4. The Morgan fingerprint density at radius 2 is 1.89 bits per heavy atom. The summed E-state index contributed by atoms with van der Waals surface area (Å²) in [5.74, 6) is -0.262. The van der Waals surface area contributed by atoms with Crippen LogP contribution >= 0.6 is 0 Å². The number of rotatable bonds is 9. The normalized spacial score (nSPS) is 19.9. The summed E-state index contributed by atoms with van der Waals surface area (Å²) < 4.78 is 7.37. The zero-order chi connectivity index (χ0) is 26.5. The number of benzene rings is 1. The monoisotopic (exact) mass is 509 g/mol. The Bertz CT molecular complexity index is 1170. The van der Waals surface area contributed by atoms with Gasteiger partial charge in [0.2, 0.25) is 11.8 Å². The van der Waals surface area contributed by atoms with Crippen molar-refractivity contribution in [3.8, 4) is 0 Å². The summed E-state index contributed by atoms with van der Waals surface area (Å²) in [5, 5.41) is 11.8. The Hall–Kier alpha value is -3.20. The van der Waals surface area contributed by atoms with Gasteiger partial charge in [0.15, 0.2) is 0 Å². The molecule has 0 bridgehead atoms. The van der Waals surface area contributed by atoms with Gasteiger partial charge >= 0.3 is 5.97 Å². The van der Waals surface area contributed by atoms with Crippen LogP contribution in [-0.2, 0) is 32.1 Å².